The lowest BCUT2D eigenvalue weighted by molar-refractivity contribution is -0.126. The zero-order valence-electron chi connectivity index (χ0n) is 11.4. The van der Waals surface area contributed by atoms with Gasteiger partial charge in [0.15, 0.2) is 0 Å². The Labute approximate surface area is 116 Å². The van der Waals surface area contributed by atoms with E-state index in [0.717, 1.165) is 38.5 Å². The molecule has 1 aliphatic heterocycles. The summed E-state index contributed by atoms with van der Waals surface area (Å²) in [5.74, 6) is 0.392. The van der Waals surface area contributed by atoms with Gasteiger partial charge in [0.1, 0.15) is 0 Å². The number of carbonyl (C=O) groups excluding carboxylic acids is 1. The second kappa shape index (κ2) is 7.31. The van der Waals surface area contributed by atoms with Gasteiger partial charge in [-0.2, -0.15) is 0 Å². The fourth-order valence-corrected chi connectivity index (χ4v) is 2.59. The predicted molar refractivity (Wildman–Crippen MR) is 76.1 cm³/mol. The number of nitrogens with one attached hydrogen (secondary N) is 2. The minimum Gasteiger partial charge on any atom is -0.355 e. The number of piperidine rings is 1. The van der Waals surface area contributed by atoms with Gasteiger partial charge in [0.2, 0.25) is 5.91 Å². The van der Waals surface area contributed by atoms with Gasteiger partial charge in [-0.15, -0.1) is 12.4 Å². The van der Waals surface area contributed by atoms with Crippen LogP contribution in [0.25, 0.3) is 0 Å². The van der Waals surface area contributed by atoms with Crippen LogP contribution in [0.1, 0.15) is 32.6 Å². The Morgan fingerprint density at radius 1 is 1.39 bits per heavy atom. The molecule has 2 atom stereocenters. The maximum absolute atomic E-state index is 12.0. The number of amides is 1. The summed E-state index contributed by atoms with van der Waals surface area (Å²) in [6.45, 7) is 4.93. The summed E-state index contributed by atoms with van der Waals surface area (Å²) in [7, 11) is 2.15. The second-order valence-electron chi connectivity index (χ2n) is 5.49. The van der Waals surface area contributed by atoms with Gasteiger partial charge < -0.3 is 15.5 Å². The van der Waals surface area contributed by atoms with Crippen LogP contribution in [0.3, 0.4) is 0 Å². The summed E-state index contributed by atoms with van der Waals surface area (Å²) in [6.07, 6.45) is 4.80. The molecule has 5 heteroatoms. The van der Waals surface area contributed by atoms with E-state index in [4.69, 9.17) is 0 Å². The van der Waals surface area contributed by atoms with Crippen LogP contribution in [0, 0.1) is 5.92 Å². The van der Waals surface area contributed by atoms with Crippen molar-refractivity contribution in [3.05, 3.63) is 0 Å². The summed E-state index contributed by atoms with van der Waals surface area (Å²) in [5.41, 5.74) is 0. The van der Waals surface area contributed by atoms with E-state index in [0.29, 0.717) is 6.04 Å². The van der Waals surface area contributed by atoms with Crippen molar-refractivity contribution < 1.29 is 4.79 Å². The number of likely N-dealkylation sites (N-methyl/N-ethyl adjacent to an activating group) is 1. The molecule has 0 aromatic heterocycles. The summed E-state index contributed by atoms with van der Waals surface area (Å²) in [6, 6.07) is 1.10. The highest BCUT2D eigenvalue weighted by Crippen LogP contribution is 2.24. The van der Waals surface area contributed by atoms with Crippen LogP contribution in [0.2, 0.25) is 0 Å². The number of carbonyl (C=O) groups is 1. The molecule has 0 radical (unpaired) electrons. The van der Waals surface area contributed by atoms with Gasteiger partial charge in [-0.05, 0) is 46.2 Å². The average molecular weight is 276 g/mol. The highest BCUT2D eigenvalue weighted by molar-refractivity contribution is 5.85. The van der Waals surface area contributed by atoms with Crippen LogP contribution in [-0.4, -0.2) is 49.6 Å². The van der Waals surface area contributed by atoms with E-state index in [1.165, 1.54) is 12.8 Å². The lowest BCUT2D eigenvalue weighted by Crippen LogP contribution is -2.47. The molecule has 1 aliphatic carbocycles. The molecule has 1 heterocycles. The third-order valence-corrected chi connectivity index (χ3v) is 4.03. The van der Waals surface area contributed by atoms with Crippen LogP contribution < -0.4 is 10.6 Å². The molecular weight excluding hydrogens is 250 g/mol. The van der Waals surface area contributed by atoms with Gasteiger partial charge in [0.25, 0.3) is 0 Å². The zero-order valence-corrected chi connectivity index (χ0v) is 12.3. The molecule has 2 N–H and O–H groups in total. The number of halogens is 1. The van der Waals surface area contributed by atoms with Gasteiger partial charge in [-0.1, -0.05) is 0 Å². The van der Waals surface area contributed by atoms with Crippen LogP contribution in [0.5, 0.6) is 0 Å². The van der Waals surface area contributed by atoms with Crippen LogP contribution >= 0.6 is 12.4 Å². The van der Waals surface area contributed by atoms with Crippen LogP contribution in [-0.2, 0) is 4.79 Å². The van der Waals surface area contributed by atoms with Gasteiger partial charge in [-0.3, -0.25) is 4.79 Å². The number of nitrogens with zero attached hydrogens (tertiary/aromatic N) is 1. The second-order valence-corrected chi connectivity index (χ2v) is 5.49. The molecule has 0 aromatic carbocycles. The molecule has 1 saturated carbocycles. The monoisotopic (exact) mass is 275 g/mol. The highest BCUT2D eigenvalue weighted by atomic mass is 35.5. The third kappa shape index (κ3) is 4.41. The van der Waals surface area contributed by atoms with Gasteiger partial charge >= 0.3 is 0 Å². The average Bonchev–Trinajstić information content (AvgIpc) is 3.13. The standard InChI is InChI=1S/C13H25N3O.ClH/c1-10-12(4-3-7-14-10)13(17)15-8-9-16(2)11-5-6-11;/h10-12,14H,3-9H2,1-2H3,(H,15,17);1H. The molecule has 2 aliphatic rings. The molecule has 0 bridgehead atoms. The van der Waals surface area contributed by atoms with Gasteiger partial charge in [-0.25, -0.2) is 0 Å². The normalized spacial score (nSPS) is 27.7. The third-order valence-electron chi connectivity index (χ3n) is 4.03. The molecule has 1 saturated heterocycles. The highest BCUT2D eigenvalue weighted by Gasteiger charge is 2.28. The molecule has 0 aromatic rings. The Morgan fingerprint density at radius 3 is 2.72 bits per heavy atom. The van der Waals surface area contributed by atoms with E-state index < -0.39 is 0 Å². The zero-order chi connectivity index (χ0) is 12.3. The van der Waals surface area contributed by atoms with E-state index >= 15 is 0 Å². The summed E-state index contributed by atoms with van der Waals surface area (Å²) < 4.78 is 0. The smallest absolute Gasteiger partial charge is 0.224 e. The Morgan fingerprint density at radius 2 is 2.11 bits per heavy atom. The van der Waals surface area contributed by atoms with E-state index in [1.54, 1.807) is 0 Å². The van der Waals surface area contributed by atoms with Crippen molar-refractivity contribution in [2.45, 2.75) is 44.7 Å². The molecule has 106 valence electrons. The van der Waals surface area contributed by atoms with Crippen molar-refractivity contribution in [1.82, 2.24) is 15.5 Å². The number of rotatable bonds is 5. The maximum atomic E-state index is 12.0. The Hall–Kier alpha value is -0.320. The molecule has 18 heavy (non-hydrogen) atoms. The van der Waals surface area contributed by atoms with Crippen LogP contribution in [0.15, 0.2) is 0 Å². The predicted octanol–water partition coefficient (Wildman–Crippen LogP) is 1.01. The molecule has 0 spiro atoms. The topological polar surface area (TPSA) is 44.4 Å². The molecule has 1 amide bonds. The van der Waals surface area contributed by atoms with Crippen molar-refractivity contribution in [2.75, 3.05) is 26.7 Å². The van der Waals surface area contributed by atoms with Gasteiger partial charge in [0, 0.05) is 25.2 Å². The van der Waals surface area contributed by atoms with E-state index in [9.17, 15) is 4.79 Å². The fourth-order valence-electron chi connectivity index (χ4n) is 2.59. The minimum atomic E-state index is 0. The molecule has 4 nitrogen and oxygen atoms in total. The van der Waals surface area contributed by atoms with Crippen molar-refractivity contribution >= 4 is 18.3 Å². The first kappa shape index (κ1) is 15.7. The van der Waals surface area contributed by atoms with Crippen molar-refractivity contribution in [1.29, 1.82) is 0 Å². The lowest BCUT2D eigenvalue weighted by Gasteiger charge is -2.29. The quantitative estimate of drug-likeness (QED) is 0.787. The maximum Gasteiger partial charge on any atom is 0.224 e. The van der Waals surface area contributed by atoms with E-state index in [1.807, 2.05) is 0 Å². The largest absolute Gasteiger partial charge is 0.355 e. The summed E-state index contributed by atoms with van der Waals surface area (Å²) in [4.78, 5) is 14.4. The minimum absolute atomic E-state index is 0. The first-order valence-electron chi connectivity index (χ1n) is 6.90. The number of hydrogen-bond donors (Lipinski definition) is 2. The van der Waals surface area contributed by atoms with Crippen LogP contribution in [0.4, 0.5) is 0 Å². The lowest BCUT2D eigenvalue weighted by atomic mass is 9.91. The molecular formula is C13H26ClN3O. The SMILES string of the molecule is CC1NCCCC1C(=O)NCCN(C)C1CC1.Cl. The molecule has 2 rings (SSSR count). The van der Waals surface area contributed by atoms with Crippen molar-refractivity contribution in [3.8, 4) is 0 Å². The van der Waals surface area contributed by atoms with E-state index in [2.05, 4.69) is 29.5 Å². The number of hydrogen-bond acceptors (Lipinski definition) is 3. The Bertz CT molecular complexity index is 271. The van der Waals surface area contributed by atoms with Gasteiger partial charge in [0.05, 0.1) is 5.92 Å². The molecule has 2 unspecified atom stereocenters. The summed E-state index contributed by atoms with van der Waals surface area (Å²) in [5, 5.41) is 6.44. The van der Waals surface area contributed by atoms with E-state index in [-0.39, 0.29) is 24.2 Å². The Kier molecular flexibility index (Phi) is 6.39. The first-order chi connectivity index (χ1) is 8.18. The van der Waals surface area contributed by atoms with Crippen molar-refractivity contribution in [2.24, 2.45) is 5.92 Å². The first-order valence-corrected chi connectivity index (χ1v) is 6.90. The fraction of sp³-hybridized carbons (Fsp3) is 0.923. The Balaban J connectivity index is 0.00000162. The molecule has 2 fully saturated rings. The van der Waals surface area contributed by atoms with Crippen molar-refractivity contribution in [3.63, 3.8) is 0 Å². The summed E-state index contributed by atoms with van der Waals surface area (Å²) >= 11 is 0.